The molecule has 0 aliphatic carbocycles. The molecule has 1 aliphatic heterocycles. The van der Waals surface area contributed by atoms with Gasteiger partial charge in [0.25, 0.3) is 0 Å². The Bertz CT molecular complexity index is 497. The van der Waals surface area contributed by atoms with Gasteiger partial charge in [0.15, 0.2) is 8.32 Å². The second-order valence-electron chi connectivity index (χ2n) is 6.99. The largest absolute Gasteiger partial charge is 0.457 e. The Labute approximate surface area is 131 Å². The van der Waals surface area contributed by atoms with Crippen LogP contribution in [0.2, 0.25) is 18.1 Å². The molecule has 8 nitrogen and oxygen atoms in total. The Morgan fingerprint density at radius 2 is 2.14 bits per heavy atom. The summed E-state index contributed by atoms with van der Waals surface area (Å²) in [5, 5.41) is 5.47. The zero-order valence-corrected chi connectivity index (χ0v) is 14.9. The SMILES string of the molecule is C[C@H](O[Si](C)(C)C(C)(C)C)[C@H]1OC(=O)C[C@@H]1NC(=O)N=[N+]=[N-]. The van der Waals surface area contributed by atoms with E-state index >= 15 is 0 Å². The van der Waals surface area contributed by atoms with Gasteiger partial charge in [-0.3, -0.25) is 9.59 Å². The molecule has 0 unspecified atom stereocenters. The zero-order valence-electron chi connectivity index (χ0n) is 13.9. The quantitative estimate of drug-likeness (QED) is 0.281. The normalized spacial score (nSPS) is 23.5. The van der Waals surface area contributed by atoms with Gasteiger partial charge >= 0.3 is 12.0 Å². The predicted octanol–water partition coefficient (Wildman–Crippen LogP) is 3.10. The van der Waals surface area contributed by atoms with Crippen molar-refractivity contribution in [3.63, 3.8) is 0 Å². The van der Waals surface area contributed by atoms with Crippen molar-refractivity contribution in [2.24, 2.45) is 5.11 Å². The first-order valence-corrected chi connectivity index (χ1v) is 10.1. The first-order chi connectivity index (χ1) is 9.98. The number of amides is 2. The van der Waals surface area contributed by atoms with Gasteiger partial charge in [0.05, 0.1) is 18.6 Å². The highest BCUT2D eigenvalue weighted by Crippen LogP contribution is 2.38. The summed E-state index contributed by atoms with van der Waals surface area (Å²) in [4.78, 5) is 25.4. The van der Waals surface area contributed by atoms with Gasteiger partial charge in [-0.25, -0.2) is 0 Å². The lowest BCUT2D eigenvalue weighted by Gasteiger charge is -2.40. The van der Waals surface area contributed by atoms with Crippen LogP contribution in [0.15, 0.2) is 5.11 Å². The average Bonchev–Trinajstić information content (AvgIpc) is 2.68. The lowest BCUT2D eigenvalue weighted by atomic mass is 10.1. The minimum absolute atomic E-state index is 0.0215. The molecule has 0 aromatic rings. The highest BCUT2D eigenvalue weighted by molar-refractivity contribution is 6.74. The predicted molar refractivity (Wildman–Crippen MR) is 83.7 cm³/mol. The van der Waals surface area contributed by atoms with Crippen molar-refractivity contribution in [2.45, 2.75) is 70.5 Å². The van der Waals surface area contributed by atoms with Gasteiger partial charge in [-0.15, -0.1) is 0 Å². The minimum atomic E-state index is -2.03. The van der Waals surface area contributed by atoms with Gasteiger partial charge in [0.1, 0.15) is 6.10 Å². The highest BCUT2D eigenvalue weighted by atomic mass is 28.4. The number of urea groups is 1. The smallest absolute Gasteiger partial charge is 0.308 e. The van der Waals surface area contributed by atoms with Gasteiger partial charge in [-0.1, -0.05) is 20.8 Å². The maximum absolute atomic E-state index is 11.5. The van der Waals surface area contributed by atoms with Gasteiger partial charge in [0.2, 0.25) is 0 Å². The van der Waals surface area contributed by atoms with Crippen LogP contribution < -0.4 is 5.32 Å². The second-order valence-corrected chi connectivity index (χ2v) is 11.7. The summed E-state index contributed by atoms with van der Waals surface area (Å²) in [6.45, 7) is 12.4. The molecule has 124 valence electrons. The number of rotatable bonds is 4. The van der Waals surface area contributed by atoms with Crippen LogP contribution in [0, 0.1) is 0 Å². The number of esters is 1. The standard InChI is InChI=1S/C13H24N4O4Si/c1-8(21-22(5,6)13(2,3)4)11-9(7-10(18)20-11)15-12(19)16-17-14/h8-9,11H,7H2,1-6H3,(H,15,19)/t8-,9-,11+/m0/s1. The van der Waals surface area contributed by atoms with E-state index in [0.29, 0.717) is 0 Å². The molecular formula is C13H24N4O4Si. The monoisotopic (exact) mass is 328 g/mol. The molecule has 3 atom stereocenters. The number of nitrogens with one attached hydrogen (secondary N) is 1. The van der Waals surface area contributed by atoms with Crippen LogP contribution in [0.5, 0.6) is 0 Å². The van der Waals surface area contributed by atoms with Crippen LogP contribution in [0.4, 0.5) is 4.79 Å². The molecule has 1 heterocycles. The Hall–Kier alpha value is -1.57. The number of hydrogen-bond acceptors (Lipinski definition) is 4. The van der Waals surface area contributed by atoms with Crippen LogP contribution in [0.25, 0.3) is 10.4 Å². The van der Waals surface area contributed by atoms with E-state index < -0.39 is 32.5 Å². The van der Waals surface area contributed by atoms with Crippen molar-refractivity contribution in [1.82, 2.24) is 5.32 Å². The number of nitrogens with zero attached hydrogens (tertiary/aromatic N) is 3. The minimum Gasteiger partial charge on any atom is -0.457 e. The van der Waals surface area contributed by atoms with E-state index in [0.717, 1.165) is 0 Å². The number of ether oxygens (including phenoxy) is 1. The van der Waals surface area contributed by atoms with E-state index in [9.17, 15) is 9.59 Å². The lowest BCUT2D eigenvalue weighted by Crippen LogP contribution is -2.50. The topological polar surface area (TPSA) is 113 Å². The van der Waals surface area contributed by atoms with E-state index in [4.69, 9.17) is 14.7 Å². The fourth-order valence-corrected chi connectivity index (χ4v) is 3.49. The van der Waals surface area contributed by atoms with E-state index in [2.05, 4.69) is 49.2 Å². The zero-order chi connectivity index (χ0) is 17.1. The molecule has 22 heavy (non-hydrogen) atoms. The van der Waals surface area contributed by atoms with E-state index in [1.165, 1.54) is 0 Å². The summed E-state index contributed by atoms with van der Waals surface area (Å²) in [5.41, 5.74) is 8.26. The molecule has 0 aromatic heterocycles. The molecule has 0 saturated carbocycles. The van der Waals surface area contributed by atoms with E-state index in [-0.39, 0.29) is 17.6 Å². The maximum Gasteiger partial charge on any atom is 0.308 e. The van der Waals surface area contributed by atoms with E-state index in [1.54, 1.807) is 0 Å². The summed E-state index contributed by atoms with van der Waals surface area (Å²) < 4.78 is 11.5. The molecule has 0 bridgehead atoms. The number of cyclic esters (lactones) is 1. The second kappa shape index (κ2) is 6.68. The summed E-state index contributed by atoms with van der Waals surface area (Å²) in [6, 6.07) is -1.37. The summed E-state index contributed by atoms with van der Waals surface area (Å²) in [5.74, 6) is -0.401. The fraction of sp³-hybridized carbons (Fsp3) is 0.846. The van der Waals surface area contributed by atoms with Crippen molar-refractivity contribution < 1.29 is 18.8 Å². The third-order valence-electron chi connectivity index (χ3n) is 4.24. The van der Waals surface area contributed by atoms with Crippen LogP contribution in [-0.2, 0) is 14.0 Å². The number of carbonyl (C=O) groups is 2. The molecule has 1 N–H and O–H groups in total. The fourth-order valence-electron chi connectivity index (χ4n) is 2.07. The van der Waals surface area contributed by atoms with Gasteiger partial charge < -0.3 is 14.5 Å². The van der Waals surface area contributed by atoms with Crippen molar-refractivity contribution in [1.29, 1.82) is 0 Å². The summed E-state index contributed by atoms with van der Waals surface area (Å²) >= 11 is 0. The number of carbonyl (C=O) groups excluding carboxylic acids is 2. The molecular weight excluding hydrogens is 304 g/mol. The third kappa shape index (κ3) is 4.46. The maximum atomic E-state index is 11.5. The highest BCUT2D eigenvalue weighted by Gasteiger charge is 2.45. The van der Waals surface area contributed by atoms with Gasteiger partial charge in [-0.2, -0.15) is 0 Å². The van der Waals surface area contributed by atoms with Gasteiger partial charge in [0, 0.05) is 10.0 Å². The first kappa shape index (κ1) is 18.5. The molecule has 1 aliphatic rings. The first-order valence-electron chi connectivity index (χ1n) is 7.21. The Balaban J connectivity index is 2.81. The third-order valence-corrected chi connectivity index (χ3v) is 8.82. The molecule has 0 spiro atoms. The molecule has 0 radical (unpaired) electrons. The van der Waals surface area contributed by atoms with Gasteiger partial charge in [-0.05, 0) is 30.6 Å². The summed E-state index contributed by atoms with van der Waals surface area (Å²) in [6.07, 6.45) is -0.897. The van der Waals surface area contributed by atoms with Crippen molar-refractivity contribution in [3.8, 4) is 0 Å². The summed E-state index contributed by atoms with van der Waals surface area (Å²) in [7, 11) is -2.03. The molecule has 9 heteroatoms. The number of hydrogen-bond donors (Lipinski definition) is 1. The van der Waals surface area contributed by atoms with E-state index in [1.807, 2.05) is 6.92 Å². The number of azide groups is 1. The molecule has 1 rings (SSSR count). The van der Waals surface area contributed by atoms with Crippen molar-refractivity contribution in [3.05, 3.63) is 10.4 Å². The molecule has 1 fully saturated rings. The average molecular weight is 328 g/mol. The van der Waals surface area contributed by atoms with Crippen LogP contribution in [-0.4, -0.2) is 38.6 Å². The Morgan fingerprint density at radius 3 is 2.64 bits per heavy atom. The lowest BCUT2D eigenvalue weighted by molar-refractivity contribution is -0.144. The Morgan fingerprint density at radius 1 is 1.55 bits per heavy atom. The van der Waals surface area contributed by atoms with Crippen molar-refractivity contribution in [2.75, 3.05) is 0 Å². The van der Waals surface area contributed by atoms with Crippen molar-refractivity contribution >= 4 is 20.3 Å². The van der Waals surface area contributed by atoms with Crippen LogP contribution in [0.3, 0.4) is 0 Å². The van der Waals surface area contributed by atoms with Crippen LogP contribution >= 0.6 is 0 Å². The Kier molecular flexibility index (Phi) is 5.61. The molecule has 2 amide bonds. The molecule has 1 saturated heterocycles. The van der Waals surface area contributed by atoms with Crippen LogP contribution in [0.1, 0.15) is 34.1 Å². The molecule has 0 aromatic carbocycles.